The van der Waals surface area contributed by atoms with E-state index in [1.807, 2.05) is 6.92 Å². The molecule has 0 saturated heterocycles. The Morgan fingerprint density at radius 1 is 1.32 bits per heavy atom. The number of ether oxygens (including phenoxy) is 1. The third-order valence-electron chi connectivity index (χ3n) is 4.13. The largest absolute Gasteiger partial charge is 0.424 e. The number of aliphatic hydroxyl groups is 1. The van der Waals surface area contributed by atoms with Crippen molar-refractivity contribution in [1.29, 1.82) is 0 Å². The second kappa shape index (κ2) is 11.3. The number of guanidine groups is 1. The fourth-order valence-corrected chi connectivity index (χ4v) is 2.48. The molecule has 10 heteroatoms. The maximum absolute atomic E-state index is 13.5. The van der Waals surface area contributed by atoms with Gasteiger partial charge in [0, 0.05) is 52.1 Å². The Kier molecular flexibility index (Phi) is 9.74. The van der Waals surface area contributed by atoms with Crippen molar-refractivity contribution in [3.8, 4) is 0 Å². The molecule has 162 valence electrons. The molecule has 1 aromatic rings. The Bertz CT molecular complexity index is 604. The normalized spacial score (nSPS) is 15.0. The predicted octanol–water partition coefficient (Wildman–Crippen LogP) is 2.18. The molecule has 0 aliphatic rings. The molecule has 0 radical (unpaired) electrons. The minimum atomic E-state index is -4.86. The van der Waals surface area contributed by atoms with Crippen LogP contribution in [0.4, 0.5) is 13.2 Å². The highest BCUT2D eigenvalue weighted by Crippen LogP contribution is 2.40. The van der Waals surface area contributed by atoms with Crippen LogP contribution < -0.4 is 10.6 Å². The van der Waals surface area contributed by atoms with Crippen LogP contribution in [0.3, 0.4) is 0 Å². The Balaban J connectivity index is 2.64. The Morgan fingerprint density at radius 2 is 2.04 bits per heavy atom. The van der Waals surface area contributed by atoms with Crippen molar-refractivity contribution in [2.45, 2.75) is 45.4 Å². The highest BCUT2D eigenvalue weighted by Gasteiger charge is 2.57. The van der Waals surface area contributed by atoms with Crippen molar-refractivity contribution in [2.24, 2.45) is 18.0 Å². The lowest BCUT2D eigenvalue weighted by Crippen LogP contribution is -2.45. The van der Waals surface area contributed by atoms with Gasteiger partial charge in [0.05, 0.1) is 6.61 Å². The predicted molar refractivity (Wildman–Crippen MR) is 102 cm³/mol. The van der Waals surface area contributed by atoms with Crippen molar-refractivity contribution in [3.63, 3.8) is 0 Å². The van der Waals surface area contributed by atoms with Crippen LogP contribution in [0.2, 0.25) is 0 Å². The van der Waals surface area contributed by atoms with E-state index in [1.54, 1.807) is 0 Å². The first kappa shape index (κ1) is 24.2. The van der Waals surface area contributed by atoms with Gasteiger partial charge < -0.3 is 25.0 Å². The third kappa shape index (κ3) is 7.31. The van der Waals surface area contributed by atoms with Crippen LogP contribution in [-0.4, -0.2) is 59.6 Å². The zero-order chi connectivity index (χ0) is 21.2. The van der Waals surface area contributed by atoms with Crippen LogP contribution >= 0.6 is 0 Å². The summed E-state index contributed by atoms with van der Waals surface area (Å²) in [5, 5.41) is 16.3. The molecule has 3 N–H and O–H groups in total. The molecule has 0 amide bonds. The van der Waals surface area contributed by atoms with Gasteiger partial charge >= 0.3 is 6.18 Å². The maximum atomic E-state index is 13.5. The number of nitrogens with one attached hydrogen (secondary N) is 2. The quantitative estimate of drug-likeness (QED) is 0.298. The Morgan fingerprint density at radius 3 is 2.57 bits per heavy atom. The molecule has 0 aliphatic heterocycles. The standard InChI is InChI=1S/C18H32F3N5O2/c1-5-22-16(25-10-13-28-12-6-14(2)3)24-8-7-17(27,18(19,20)21)15-23-9-11-26(15)4/h9,11,14,27H,5-8,10,12-13H2,1-4H3,(H2,22,24,25). The van der Waals surface area contributed by atoms with E-state index in [1.165, 1.54) is 19.4 Å². The van der Waals surface area contributed by atoms with E-state index in [9.17, 15) is 18.3 Å². The first-order chi connectivity index (χ1) is 13.1. The van der Waals surface area contributed by atoms with Gasteiger partial charge in [0.2, 0.25) is 5.60 Å². The fourth-order valence-electron chi connectivity index (χ4n) is 2.48. The molecule has 1 rings (SSSR count). The van der Waals surface area contributed by atoms with Crippen LogP contribution in [0.15, 0.2) is 17.4 Å². The summed E-state index contributed by atoms with van der Waals surface area (Å²) < 4.78 is 47.2. The molecule has 28 heavy (non-hydrogen) atoms. The molecule has 1 heterocycles. The fraction of sp³-hybridized carbons (Fsp3) is 0.778. The van der Waals surface area contributed by atoms with E-state index in [0.29, 0.717) is 38.2 Å². The van der Waals surface area contributed by atoms with E-state index >= 15 is 0 Å². The highest BCUT2D eigenvalue weighted by molar-refractivity contribution is 5.79. The van der Waals surface area contributed by atoms with Gasteiger partial charge in [-0.1, -0.05) is 13.8 Å². The number of alkyl halides is 3. The summed E-state index contributed by atoms with van der Waals surface area (Å²) >= 11 is 0. The zero-order valence-electron chi connectivity index (χ0n) is 17.0. The van der Waals surface area contributed by atoms with Gasteiger partial charge in [0.25, 0.3) is 0 Å². The lowest BCUT2D eigenvalue weighted by atomic mass is 9.98. The van der Waals surface area contributed by atoms with E-state index in [2.05, 4.69) is 34.5 Å². The van der Waals surface area contributed by atoms with Crippen LogP contribution in [0.25, 0.3) is 0 Å². The molecular formula is C18H32F3N5O2. The van der Waals surface area contributed by atoms with Gasteiger partial charge in [-0.15, -0.1) is 0 Å². The number of hydrogen-bond donors (Lipinski definition) is 3. The van der Waals surface area contributed by atoms with Crippen molar-refractivity contribution < 1.29 is 23.0 Å². The van der Waals surface area contributed by atoms with Gasteiger partial charge in [-0.3, -0.25) is 4.99 Å². The lowest BCUT2D eigenvalue weighted by Gasteiger charge is -2.29. The number of hydrogen-bond acceptors (Lipinski definition) is 4. The molecule has 0 spiro atoms. The average Bonchev–Trinajstić information content (AvgIpc) is 3.03. The summed E-state index contributed by atoms with van der Waals surface area (Å²) in [4.78, 5) is 7.81. The number of nitrogens with zero attached hydrogens (tertiary/aromatic N) is 3. The molecule has 7 nitrogen and oxygen atoms in total. The summed E-state index contributed by atoms with van der Waals surface area (Å²) in [6, 6.07) is 0. The monoisotopic (exact) mass is 407 g/mol. The minimum absolute atomic E-state index is 0.230. The average molecular weight is 407 g/mol. The molecule has 0 aromatic carbocycles. The van der Waals surface area contributed by atoms with E-state index < -0.39 is 24.0 Å². The Hall–Kier alpha value is -1.81. The van der Waals surface area contributed by atoms with Gasteiger partial charge in [-0.05, 0) is 19.3 Å². The van der Waals surface area contributed by atoms with Gasteiger partial charge in [0.1, 0.15) is 5.82 Å². The number of halogens is 3. The van der Waals surface area contributed by atoms with E-state index in [0.717, 1.165) is 11.0 Å². The summed E-state index contributed by atoms with van der Waals surface area (Å²) in [7, 11) is 1.41. The van der Waals surface area contributed by atoms with Gasteiger partial charge in [-0.2, -0.15) is 13.2 Å². The van der Waals surface area contributed by atoms with Gasteiger partial charge in [-0.25, -0.2) is 4.98 Å². The summed E-state index contributed by atoms with van der Waals surface area (Å²) in [6.07, 6.45) is -1.95. The van der Waals surface area contributed by atoms with E-state index in [-0.39, 0.29) is 6.54 Å². The van der Waals surface area contributed by atoms with Crippen LogP contribution in [0.5, 0.6) is 0 Å². The molecule has 0 fully saturated rings. The van der Waals surface area contributed by atoms with Crippen LogP contribution in [-0.2, 0) is 17.4 Å². The van der Waals surface area contributed by atoms with Crippen molar-refractivity contribution >= 4 is 5.96 Å². The number of aliphatic imine (C=N–C) groups is 1. The number of rotatable bonds is 11. The second-order valence-electron chi connectivity index (χ2n) is 6.95. The Labute approximate surface area is 164 Å². The molecule has 0 bridgehead atoms. The lowest BCUT2D eigenvalue weighted by molar-refractivity contribution is -0.272. The first-order valence-corrected chi connectivity index (χ1v) is 9.48. The minimum Gasteiger partial charge on any atom is -0.380 e. The second-order valence-corrected chi connectivity index (χ2v) is 6.95. The molecule has 1 unspecified atom stereocenters. The molecule has 1 aromatic heterocycles. The molecule has 0 saturated carbocycles. The molecule has 1 atom stereocenters. The smallest absolute Gasteiger partial charge is 0.380 e. The zero-order valence-corrected chi connectivity index (χ0v) is 17.0. The maximum Gasteiger partial charge on any atom is 0.424 e. The molecular weight excluding hydrogens is 375 g/mol. The van der Waals surface area contributed by atoms with Crippen molar-refractivity contribution in [1.82, 2.24) is 20.2 Å². The topological polar surface area (TPSA) is 83.7 Å². The SMILES string of the molecule is CCNC(=NCCC(O)(c1nccn1C)C(F)(F)F)NCCOCCC(C)C. The van der Waals surface area contributed by atoms with Crippen molar-refractivity contribution in [3.05, 3.63) is 18.2 Å². The first-order valence-electron chi connectivity index (χ1n) is 9.48. The van der Waals surface area contributed by atoms with Crippen LogP contribution in [0, 0.1) is 5.92 Å². The third-order valence-corrected chi connectivity index (χ3v) is 4.13. The van der Waals surface area contributed by atoms with Crippen molar-refractivity contribution in [2.75, 3.05) is 32.8 Å². The number of aromatic nitrogens is 2. The summed E-state index contributed by atoms with van der Waals surface area (Å²) in [6.45, 7) is 8.03. The molecule has 0 aliphatic carbocycles. The summed E-state index contributed by atoms with van der Waals surface area (Å²) in [5.41, 5.74) is -3.06. The number of imidazole rings is 1. The van der Waals surface area contributed by atoms with Crippen LogP contribution in [0.1, 0.15) is 39.4 Å². The van der Waals surface area contributed by atoms with Gasteiger partial charge in [0.15, 0.2) is 5.96 Å². The highest BCUT2D eigenvalue weighted by atomic mass is 19.4. The number of aryl methyl sites for hydroxylation is 1. The van der Waals surface area contributed by atoms with E-state index in [4.69, 9.17) is 4.74 Å². The summed E-state index contributed by atoms with van der Waals surface area (Å²) in [5.74, 6) is 0.490.